The third kappa shape index (κ3) is 4.36. The van der Waals surface area contributed by atoms with Crippen LogP contribution in [0.25, 0.3) is 0 Å². The minimum absolute atomic E-state index is 0.800. The minimum Gasteiger partial charge on any atom is -0.380 e. The van der Waals surface area contributed by atoms with Crippen LogP contribution >= 0.6 is 11.3 Å². The van der Waals surface area contributed by atoms with Crippen LogP contribution in [0.2, 0.25) is 0 Å². The highest BCUT2D eigenvalue weighted by Gasteiger charge is 2.00. The van der Waals surface area contributed by atoms with E-state index in [1.54, 1.807) is 11.3 Å². The monoisotopic (exact) mass is 200 g/mol. The number of likely N-dealkylation sites (N-methyl/N-ethyl adjacent to an activating group) is 1. The van der Waals surface area contributed by atoms with Gasteiger partial charge in [0.05, 0.1) is 12.1 Å². The van der Waals surface area contributed by atoms with Crippen LogP contribution in [0.3, 0.4) is 0 Å². The van der Waals surface area contributed by atoms with Crippen molar-refractivity contribution in [2.24, 2.45) is 0 Å². The van der Waals surface area contributed by atoms with E-state index in [1.807, 2.05) is 18.6 Å². The third-order valence-electron chi connectivity index (χ3n) is 1.73. The zero-order valence-electron chi connectivity index (χ0n) is 8.19. The van der Waals surface area contributed by atoms with Gasteiger partial charge in [-0.05, 0) is 14.0 Å². The summed E-state index contributed by atoms with van der Waals surface area (Å²) in [5.41, 5.74) is 1.87. The fourth-order valence-corrected chi connectivity index (χ4v) is 1.70. The Morgan fingerprint density at radius 2 is 2.46 bits per heavy atom. The van der Waals surface area contributed by atoms with E-state index in [1.165, 1.54) is 4.88 Å². The van der Waals surface area contributed by atoms with E-state index >= 15 is 0 Å². The number of aromatic nitrogens is 1. The molecule has 0 N–H and O–H groups in total. The van der Waals surface area contributed by atoms with Crippen LogP contribution in [0.1, 0.15) is 11.8 Å². The normalized spacial score (nSPS) is 11.0. The van der Waals surface area contributed by atoms with Gasteiger partial charge in [0, 0.05) is 30.8 Å². The van der Waals surface area contributed by atoms with E-state index in [9.17, 15) is 0 Å². The number of hydrogen-bond donors (Lipinski definition) is 0. The Bertz CT molecular complexity index is 213. The number of hydrogen-bond acceptors (Lipinski definition) is 4. The van der Waals surface area contributed by atoms with Crippen molar-refractivity contribution in [1.29, 1.82) is 0 Å². The Hall–Kier alpha value is -0.450. The highest BCUT2D eigenvalue weighted by molar-refractivity contribution is 7.09. The second-order valence-electron chi connectivity index (χ2n) is 2.90. The molecule has 0 aliphatic carbocycles. The van der Waals surface area contributed by atoms with Crippen LogP contribution in [-0.4, -0.2) is 36.7 Å². The van der Waals surface area contributed by atoms with Crippen LogP contribution in [0, 0.1) is 0 Å². The Balaban J connectivity index is 2.14. The second kappa shape index (κ2) is 6.07. The fraction of sp³-hybridized carbons (Fsp3) is 0.667. The molecule has 4 heteroatoms. The van der Waals surface area contributed by atoms with Gasteiger partial charge in [-0.25, -0.2) is 0 Å². The van der Waals surface area contributed by atoms with Crippen molar-refractivity contribution in [1.82, 2.24) is 9.88 Å². The summed E-state index contributed by atoms with van der Waals surface area (Å²) in [5.74, 6) is 0. The number of rotatable bonds is 6. The lowest BCUT2D eigenvalue weighted by molar-refractivity contribution is 0.120. The zero-order valence-corrected chi connectivity index (χ0v) is 9.01. The summed E-state index contributed by atoms with van der Waals surface area (Å²) in [4.78, 5) is 7.58. The molecule has 0 saturated heterocycles. The number of ether oxygens (including phenoxy) is 1. The summed E-state index contributed by atoms with van der Waals surface area (Å²) in [5, 5.41) is 0. The highest BCUT2D eigenvalue weighted by atomic mass is 32.1. The lowest BCUT2D eigenvalue weighted by atomic mass is 10.5. The molecule has 13 heavy (non-hydrogen) atoms. The smallest absolute Gasteiger partial charge is 0.0794 e. The average Bonchev–Trinajstić information content (AvgIpc) is 2.57. The van der Waals surface area contributed by atoms with Crippen molar-refractivity contribution in [3.05, 3.63) is 16.6 Å². The Morgan fingerprint density at radius 3 is 3.08 bits per heavy atom. The highest BCUT2D eigenvalue weighted by Crippen LogP contribution is 2.07. The molecule has 0 bridgehead atoms. The second-order valence-corrected chi connectivity index (χ2v) is 3.87. The van der Waals surface area contributed by atoms with E-state index in [0.29, 0.717) is 0 Å². The molecule has 0 fully saturated rings. The van der Waals surface area contributed by atoms with Gasteiger partial charge in [-0.3, -0.25) is 9.88 Å². The van der Waals surface area contributed by atoms with Gasteiger partial charge in [-0.1, -0.05) is 0 Å². The van der Waals surface area contributed by atoms with Gasteiger partial charge < -0.3 is 4.74 Å². The van der Waals surface area contributed by atoms with E-state index in [2.05, 4.69) is 16.9 Å². The summed E-state index contributed by atoms with van der Waals surface area (Å²) in [6, 6.07) is 0. The summed E-state index contributed by atoms with van der Waals surface area (Å²) < 4.78 is 5.27. The molecular formula is C9H16N2OS. The first-order valence-corrected chi connectivity index (χ1v) is 5.34. The summed E-state index contributed by atoms with van der Waals surface area (Å²) in [6.07, 6.45) is 1.92. The van der Waals surface area contributed by atoms with E-state index in [0.717, 1.165) is 26.3 Å². The van der Waals surface area contributed by atoms with Gasteiger partial charge in [0.15, 0.2) is 0 Å². The molecule has 3 nitrogen and oxygen atoms in total. The van der Waals surface area contributed by atoms with Crippen molar-refractivity contribution in [3.63, 3.8) is 0 Å². The predicted molar refractivity (Wildman–Crippen MR) is 54.9 cm³/mol. The summed E-state index contributed by atoms with van der Waals surface area (Å²) in [7, 11) is 2.10. The van der Waals surface area contributed by atoms with Crippen molar-refractivity contribution < 1.29 is 4.74 Å². The Labute approximate surface area is 83.4 Å². The van der Waals surface area contributed by atoms with E-state index in [4.69, 9.17) is 4.74 Å². The SMILES string of the molecule is CCOCCN(C)Cc1cncs1. The molecule has 74 valence electrons. The maximum atomic E-state index is 5.27. The molecule has 0 unspecified atom stereocenters. The largest absolute Gasteiger partial charge is 0.380 e. The fourth-order valence-electron chi connectivity index (χ4n) is 1.03. The van der Waals surface area contributed by atoms with E-state index < -0.39 is 0 Å². The van der Waals surface area contributed by atoms with Crippen LogP contribution in [0.5, 0.6) is 0 Å². The summed E-state index contributed by atoms with van der Waals surface area (Å²) >= 11 is 1.70. The van der Waals surface area contributed by atoms with Crippen LogP contribution in [0.4, 0.5) is 0 Å². The molecule has 1 heterocycles. The van der Waals surface area contributed by atoms with Gasteiger partial charge in [-0.2, -0.15) is 0 Å². The quantitative estimate of drug-likeness (QED) is 0.652. The molecule has 1 rings (SSSR count). The third-order valence-corrected chi connectivity index (χ3v) is 2.50. The molecule has 0 aromatic carbocycles. The first kappa shape index (κ1) is 10.6. The van der Waals surface area contributed by atoms with Gasteiger partial charge in [0.2, 0.25) is 0 Å². The lowest BCUT2D eigenvalue weighted by Crippen LogP contribution is -2.22. The molecule has 0 amide bonds. The standard InChI is InChI=1S/C9H16N2OS/c1-3-12-5-4-11(2)7-9-6-10-8-13-9/h6,8H,3-5,7H2,1-2H3. The lowest BCUT2D eigenvalue weighted by Gasteiger charge is -2.14. The van der Waals surface area contributed by atoms with Crippen molar-refractivity contribution in [2.45, 2.75) is 13.5 Å². The molecule has 0 atom stereocenters. The van der Waals surface area contributed by atoms with Gasteiger partial charge >= 0.3 is 0 Å². The minimum atomic E-state index is 0.800. The van der Waals surface area contributed by atoms with Crippen LogP contribution in [0.15, 0.2) is 11.7 Å². The molecule has 0 saturated carbocycles. The van der Waals surface area contributed by atoms with Crippen molar-refractivity contribution >= 4 is 11.3 Å². The van der Waals surface area contributed by atoms with Gasteiger partial charge in [-0.15, -0.1) is 11.3 Å². The molecule has 0 spiro atoms. The van der Waals surface area contributed by atoms with Crippen LogP contribution in [-0.2, 0) is 11.3 Å². The predicted octanol–water partition coefficient (Wildman–Crippen LogP) is 1.61. The topological polar surface area (TPSA) is 25.4 Å². The summed E-state index contributed by atoms with van der Waals surface area (Å²) in [6.45, 7) is 5.58. The molecular weight excluding hydrogens is 184 g/mol. The Kier molecular flexibility index (Phi) is 4.97. The van der Waals surface area contributed by atoms with Gasteiger partial charge in [0.25, 0.3) is 0 Å². The maximum Gasteiger partial charge on any atom is 0.0794 e. The van der Waals surface area contributed by atoms with Crippen molar-refractivity contribution in [3.8, 4) is 0 Å². The molecule has 0 aliphatic heterocycles. The molecule has 1 aromatic heterocycles. The molecule has 0 aliphatic rings. The first-order chi connectivity index (χ1) is 6.33. The van der Waals surface area contributed by atoms with Crippen molar-refractivity contribution in [2.75, 3.05) is 26.8 Å². The van der Waals surface area contributed by atoms with Crippen LogP contribution < -0.4 is 0 Å². The first-order valence-electron chi connectivity index (χ1n) is 4.46. The number of thiazole rings is 1. The molecule has 1 aromatic rings. The maximum absolute atomic E-state index is 5.27. The van der Waals surface area contributed by atoms with E-state index in [-0.39, 0.29) is 0 Å². The molecule has 0 radical (unpaired) electrons. The van der Waals surface area contributed by atoms with Gasteiger partial charge in [0.1, 0.15) is 0 Å². The number of nitrogens with zero attached hydrogens (tertiary/aromatic N) is 2. The average molecular weight is 200 g/mol. The zero-order chi connectivity index (χ0) is 9.52. The Morgan fingerprint density at radius 1 is 1.62 bits per heavy atom.